The monoisotopic (exact) mass is 422 g/mol. The number of likely N-dealkylation sites (tertiary alicyclic amines) is 1. The van der Waals surface area contributed by atoms with Crippen molar-refractivity contribution >= 4 is 33.7 Å². The summed E-state index contributed by atoms with van der Waals surface area (Å²) < 4.78 is 6.30. The minimum atomic E-state index is -0.300. The number of likely N-dealkylation sites (N-methyl/N-ethyl adjacent to an activating group) is 1. The van der Waals surface area contributed by atoms with Crippen molar-refractivity contribution in [2.75, 3.05) is 26.2 Å². The van der Waals surface area contributed by atoms with E-state index in [1.807, 2.05) is 0 Å². The average Bonchev–Trinajstić information content (AvgIpc) is 2.86. The molecule has 26 heavy (non-hydrogen) atoms. The Morgan fingerprint density at radius 1 is 1.27 bits per heavy atom. The first-order valence-electron chi connectivity index (χ1n) is 9.07. The standard InChI is InChI=1S/C19H23BrN2O4/c1-2-21-9-3-5-14(12-21)26-17(23)6-4-10-22-18(24)15-8-7-13(20)11-16(15)19(22)25/h7-8,11,14H,2-6,9-10,12H2,1H3. The van der Waals surface area contributed by atoms with Crippen LogP contribution in [0.3, 0.4) is 0 Å². The lowest BCUT2D eigenvalue weighted by atomic mass is 10.1. The fraction of sp³-hybridized carbons (Fsp3) is 0.526. The van der Waals surface area contributed by atoms with Crippen LogP contribution in [-0.2, 0) is 9.53 Å². The molecule has 2 heterocycles. The van der Waals surface area contributed by atoms with Crippen LogP contribution in [0.1, 0.15) is 53.3 Å². The Balaban J connectivity index is 1.47. The van der Waals surface area contributed by atoms with Crippen LogP contribution in [0.25, 0.3) is 0 Å². The van der Waals surface area contributed by atoms with Crippen LogP contribution in [0.2, 0.25) is 0 Å². The number of amides is 2. The summed E-state index contributed by atoms with van der Waals surface area (Å²) in [4.78, 5) is 40.3. The number of carbonyl (C=O) groups is 3. The highest BCUT2D eigenvalue weighted by molar-refractivity contribution is 9.10. The van der Waals surface area contributed by atoms with E-state index in [4.69, 9.17) is 4.74 Å². The second-order valence-electron chi connectivity index (χ2n) is 6.70. The molecule has 6 nitrogen and oxygen atoms in total. The van der Waals surface area contributed by atoms with E-state index in [0.717, 1.165) is 36.9 Å². The van der Waals surface area contributed by atoms with Crippen molar-refractivity contribution in [3.05, 3.63) is 33.8 Å². The molecule has 1 atom stereocenters. The van der Waals surface area contributed by atoms with Crippen LogP contribution in [-0.4, -0.2) is 59.9 Å². The number of nitrogens with zero attached hydrogens (tertiary/aromatic N) is 2. The number of rotatable bonds is 6. The van der Waals surface area contributed by atoms with Gasteiger partial charge in [0.1, 0.15) is 6.10 Å². The molecule has 2 aliphatic rings. The highest BCUT2D eigenvalue weighted by atomic mass is 79.9. The summed E-state index contributed by atoms with van der Waals surface area (Å²) in [6.45, 7) is 5.13. The van der Waals surface area contributed by atoms with E-state index in [1.165, 1.54) is 4.90 Å². The Hall–Kier alpha value is -1.73. The molecule has 0 radical (unpaired) electrons. The maximum Gasteiger partial charge on any atom is 0.306 e. The molecule has 7 heteroatoms. The normalized spacial score (nSPS) is 20.4. The van der Waals surface area contributed by atoms with Crippen molar-refractivity contribution in [2.24, 2.45) is 0 Å². The molecule has 0 spiro atoms. The lowest BCUT2D eigenvalue weighted by Crippen LogP contribution is -2.40. The molecule has 140 valence electrons. The van der Waals surface area contributed by atoms with Gasteiger partial charge in [0.05, 0.1) is 11.1 Å². The van der Waals surface area contributed by atoms with Crippen molar-refractivity contribution < 1.29 is 19.1 Å². The van der Waals surface area contributed by atoms with Gasteiger partial charge in [0.2, 0.25) is 0 Å². The van der Waals surface area contributed by atoms with E-state index in [9.17, 15) is 14.4 Å². The Morgan fingerprint density at radius 3 is 2.81 bits per heavy atom. The van der Waals surface area contributed by atoms with Crippen LogP contribution >= 0.6 is 15.9 Å². The van der Waals surface area contributed by atoms with E-state index >= 15 is 0 Å². The van der Waals surface area contributed by atoms with Crippen molar-refractivity contribution in [2.45, 2.75) is 38.7 Å². The van der Waals surface area contributed by atoms with Crippen molar-refractivity contribution in [3.8, 4) is 0 Å². The lowest BCUT2D eigenvalue weighted by Gasteiger charge is -2.31. The molecule has 0 saturated carbocycles. The molecule has 1 aromatic carbocycles. The van der Waals surface area contributed by atoms with E-state index in [1.54, 1.807) is 18.2 Å². The summed E-state index contributed by atoms with van der Waals surface area (Å²) in [6, 6.07) is 5.05. The molecule has 0 aromatic heterocycles. The third-order valence-corrected chi connectivity index (χ3v) is 5.40. The summed E-state index contributed by atoms with van der Waals surface area (Å²) in [6.07, 6.45) is 2.51. The topological polar surface area (TPSA) is 66.9 Å². The number of carbonyl (C=O) groups excluding carboxylic acids is 3. The number of piperidine rings is 1. The highest BCUT2D eigenvalue weighted by Crippen LogP contribution is 2.26. The Morgan fingerprint density at radius 2 is 2.04 bits per heavy atom. The van der Waals surface area contributed by atoms with Gasteiger partial charge in [-0.1, -0.05) is 22.9 Å². The van der Waals surface area contributed by atoms with Gasteiger partial charge in [-0.2, -0.15) is 0 Å². The van der Waals surface area contributed by atoms with Gasteiger partial charge < -0.3 is 4.74 Å². The molecule has 0 N–H and O–H groups in total. The number of hydrogen-bond donors (Lipinski definition) is 0. The number of fused-ring (bicyclic) bond motifs is 1. The molecule has 1 unspecified atom stereocenters. The van der Waals surface area contributed by atoms with Gasteiger partial charge in [-0.05, 0) is 50.6 Å². The van der Waals surface area contributed by atoms with Crippen LogP contribution < -0.4 is 0 Å². The second kappa shape index (κ2) is 8.31. The average molecular weight is 423 g/mol. The summed E-state index contributed by atoms with van der Waals surface area (Å²) in [5.41, 5.74) is 0.830. The summed E-state index contributed by atoms with van der Waals surface area (Å²) in [5.74, 6) is -0.852. The number of halogens is 1. The first-order valence-corrected chi connectivity index (χ1v) is 9.86. The molecule has 2 amide bonds. The SMILES string of the molecule is CCN1CCCC(OC(=O)CCCN2C(=O)c3ccc(Br)cc3C2=O)C1. The molecule has 1 aromatic rings. The summed E-state index contributed by atoms with van der Waals surface area (Å²) >= 11 is 3.31. The Bertz CT molecular complexity index is 721. The van der Waals surface area contributed by atoms with Crippen LogP contribution in [0, 0.1) is 0 Å². The molecule has 0 aliphatic carbocycles. The molecule has 0 bridgehead atoms. The quantitative estimate of drug-likeness (QED) is 0.520. The van der Waals surface area contributed by atoms with Crippen molar-refractivity contribution in [3.63, 3.8) is 0 Å². The largest absolute Gasteiger partial charge is 0.461 e. The summed E-state index contributed by atoms with van der Waals surface area (Å²) in [5, 5.41) is 0. The smallest absolute Gasteiger partial charge is 0.306 e. The molecule has 1 saturated heterocycles. The predicted octanol–water partition coefficient (Wildman–Crippen LogP) is 2.85. The predicted molar refractivity (Wildman–Crippen MR) is 100.0 cm³/mol. The third kappa shape index (κ3) is 4.15. The zero-order valence-electron chi connectivity index (χ0n) is 14.9. The minimum absolute atomic E-state index is 0.0483. The zero-order valence-corrected chi connectivity index (χ0v) is 16.5. The van der Waals surface area contributed by atoms with Gasteiger partial charge in [-0.15, -0.1) is 0 Å². The van der Waals surface area contributed by atoms with Gasteiger partial charge in [0.25, 0.3) is 11.8 Å². The van der Waals surface area contributed by atoms with Crippen LogP contribution in [0.5, 0.6) is 0 Å². The zero-order chi connectivity index (χ0) is 18.7. The fourth-order valence-corrected chi connectivity index (χ4v) is 3.85. The maximum atomic E-state index is 12.4. The number of benzene rings is 1. The van der Waals surface area contributed by atoms with E-state index < -0.39 is 0 Å². The van der Waals surface area contributed by atoms with E-state index in [0.29, 0.717) is 17.5 Å². The van der Waals surface area contributed by atoms with Gasteiger partial charge in [0.15, 0.2) is 0 Å². The van der Waals surface area contributed by atoms with E-state index in [2.05, 4.69) is 27.8 Å². The molecular weight excluding hydrogens is 400 g/mol. The molecule has 1 fully saturated rings. The Kier molecular flexibility index (Phi) is 6.09. The number of hydrogen-bond acceptors (Lipinski definition) is 5. The number of imide groups is 1. The number of ether oxygens (including phenoxy) is 1. The first-order chi connectivity index (χ1) is 12.5. The lowest BCUT2D eigenvalue weighted by molar-refractivity contribution is -0.151. The minimum Gasteiger partial charge on any atom is -0.461 e. The van der Waals surface area contributed by atoms with Crippen molar-refractivity contribution in [1.82, 2.24) is 9.80 Å². The second-order valence-corrected chi connectivity index (χ2v) is 7.62. The van der Waals surface area contributed by atoms with Gasteiger partial charge in [-0.25, -0.2) is 0 Å². The van der Waals surface area contributed by atoms with Gasteiger partial charge >= 0.3 is 5.97 Å². The van der Waals surface area contributed by atoms with Crippen LogP contribution in [0.15, 0.2) is 22.7 Å². The van der Waals surface area contributed by atoms with Gasteiger partial charge in [0, 0.05) is 24.0 Å². The first kappa shape index (κ1) is 19.0. The summed E-state index contributed by atoms with van der Waals surface area (Å²) in [7, 11) is 0. The van der Waals surface area contributed by atoms with E-state index in [-0.39, 0.29) is 36.9 Å². The maximum absolute atomic E-state index is 12.4. The highest BCUT2D eigenvalue weighted by Gasteiger charge is 2.35. The molecular formula is C19H23BrN2O4. The van der Waals surface area contributed by atoms with Gasteiger partial charge in [-0.3, -0.25) is 24.2 Å². The van der Waals surface area contributed by atoms with Crippen LogP contribution in [0.4, 0.5) is 0 Å². The molecule has 3 rings (SSSR count). The fourth-order valence-electron chi connectivity index (χ4n) is 3.49. The Labute approximate surface area is 161 Å². The molecule has 2 aliphatic heterocycles. The third-order valence-electron chi connectivity index (χ3n) is 4.90. The van der Waals surface area contributed by atoms with Crippen molar-refractivity contribution in [1.29, 1.82) is 0 Å². The number of esters is 1.